The number of nitrogens with zero attached hydrogens (tertiary/aromatic N) is 1. The van der Waals surface area contributed by atoms with Crippen LogP contribution in [-0.4, -0.2) is 12.6 Å². The minimum atomic E-state index is -0.0911. The van der Waals surface area contributed by atoms with Crippen LogP contribution < -0.4 is 15.8 Å². The molecule has 1 heterocycles. The number of nitrogens with one attached hydrogen (secondary N) is 1. The number of aliphatic imine (C=N–C) groups is 1. The maximum Gasteiger partial charge on any atom is 0.189 e. The van der Waals surface area contributed by atoms with E-state index in [-0.39, 0.29) is 36.1 Å². The summed E-state index contributed by atoms with van der Waals surface area (Å²) in [4.78, 5) is 4.52. The van der Waals surface area contributed by atoms with Gasteiger partial charge in [0, 0.05) is 15.6 Å². The average molecular weight is 478 g/mol. The summed E-state index contributed by atoms with van der Waals surface area (Å²) in [7, 11) is 0. The molecule has 3 rings (SSSR count). The monoisotopic (exact) mass is 477 g/mol. The average Bonchev–Trinajstić information content (AvgIpc) is 2.90. The lowest BCUT2D eigenvalue weighted by Crippen LogP contribution is -2.34. The van der Waals surface area contributed by atoms with Crippen LogP contribution in [0, 0.1) is 0 Å². The Bertz CT molecular complexity index is 754. The normalized spacial score (nSPS) is 17.5. The zero-order chi connectivity index (χ0) is 16.4. The van der Waals surface area contributed by atoms with Gasteiger partial charge in [-0.3, -0.25) is 0 Å². The summed E-state index contributed by atoms with van der Waals surface area (Å²) in [6.45, 7) is 2.47. The van der Waals surface area contributed by atoms with Crippen molar-refractivity contribution in [1.82, 2.24) is 5.32 Å². The number of para-hydroxylation sites is 1. The second-order valence-electron chi connectivity index (χ2n) is 5.41. The Morgan fingerprint density at radius 2 is 2.04 bits per heavy atom. The highest BCUT2D eigenvalue weighted by atomic mass is 127. The van der Waals surface area contributed by atoms with Gasteiger partial charge in [-0.15, -0.1) is 24.0 Å². The van der Waals surface area contributed by atoms with Crippen molar-refractivity contribution in [2.24, 2.45) is 10.7 Å². The molecule has 2 unspecified atom stereocenters. The van der Waals surface area contributed by atoms with Gasteiger partial charge in [0.15, 0.2) is 5.96 Å². The minimum Gasteiger partial charge on any atom is -0.491 e. The molecule has 7 heteroatoms. The number of hydrogen-bond donors (Lipinski definition) is 2. The SMILES string of the molecule is CC(NC(N)=NC1COc2ccccc21)c1ccc(Cl)cc1Cl.I. The van der Waals surface area contributed by atoms with E-state index in [1.165, 1.54) is 0 Å². The largest absolute Gasteiger partial charge is 0.491 e. The summed E-state index contributed by atoms with van der Waals surface area (Å²) in [5, 5.41) is 4.36. The van der Waals surface area contributed by atoms with Crippen molar-refractivity contribution in [3.63, 3.8) is 0 Å². The first kappa shape index (κ1) is 19.1. The number of ether oxygens (including phenoxy) is 1. The Kier molecular flexibility index (Phi) is 6.60. The fourth-order valence-corrected chi connectivity index (χ4v) is 3.18. The molecule has 0 saturated heterocycles. The number of rotatable bonds is 3. The Hall–Kier alpha value is -1.18. The maximum absolute atomic E-state index is 6.22. The molecule has 128 valence electrons. The first-order valence-electron chi connectivity index (χ1n) is 7.31. The third-order valence-corrected chi connectivity index (χ3v) is 4.33. The van der Waals surface area contributed by atoms with Gasteiger partial charge in [-0.05, 0) is 30.7 Å². The minimum absolute atomic E-state index is 0. The van der Waals surface area contributed by atoms with E-state index in [1.54, 1.807) is 12.1 Å². The first-order chi connectivity index (χ1) is 11.0. The van der Waals surface area contributed by atoms with Crippen molar-refractivity contribution in [3.05, 3.63) is 63.6 Å². The van der Waals surface area contributed by atoms with Crippen molar-refractivity contribution in [3.8, 4) is 5.75 Å². The standard InChI is InChI=1S/C17H17Cl2N3O.HI/c1-10(12-7-6-11(18)8-14(12)19)21-17(20)22-15-9-23-16-5-3-2-4-13(15)16;/h2-8,10,15H,9H2,1H3,(H3,20,21,22);1H. The van der Waals surface area contributed by atoms with E-state index in [0.717, 1.165) is 16.9 Å². The van der Waals surface area contributed by atoms with Crippen molar-refractivity contribution < 1.29 is 4.74 Å². The van der Waals surface area contributed by atoms with Crippen molar-refractivity contribution in [2.75, 3.05) is 6.61 Å². The van der Waals surface area contributed by atoms with E-state index in [0.29, 0.717) is 22.6 Å². The van der Waals surface area contributed by atoms with Gasteiger partial charge >= 0.3 is 0 Å². The fraction of sp³-hybridized carbons (Fsp3) is 0.235. The van der Waals surface area contributed by atoms with Gasteiger partial charge in [-0.1, -0.05) is 47.5 Å². The Balaban J connectivity index is 0.00000208. The van der Waals surface area contributed by atoms with Gasteiger partial charge in [0.2, 0.25) is 0 Å². The van der Waals surface area contributed by atoms with Crippen molar-refractivity contribution in [1.29, 1.82) is 0 Å². The number of nitrogens with two attached hydrogens (primary N) is 1. The number of halogens is 3. The summed E-state index contributed by atoms with van der Waals surface area (Å²) in [6.07, 6.45) is 0. The van der Waals surface area contributed by atoms with E-state index in [9.17, 15) is 0 Å². The molecule has 2 atom stereocenters. The van der Waals surface area contributed by atoms with Crippen LogP contribution in [0.1, 0.15) is 30.1 Å². The molecule has 0 spiro atoms. The molecule has 0 aromatic heterocycles. The zero-order valence-corrected chi connectivity index (χ0v) is 16.8. The number of guanidine groups is 1. The molecule has 0 aliphatic carbocycles. The van der Waals surface area contributed by atoms with Crippen molar-refractivity contribution >= 4 is 53.1 Å². The van der Waals surface area contributed by atoms with Crippen LogP contribution in [0.15, 0.2) is 47.5 Å². The summed E-state index contributed by atoms with van der Waals surface area (Å²) in [5.74, 6) is 1.22. The zero-order valence-electron chi connectivity index (χ0n) is 13.0. The van der Waals surface area contributed by atoms with Crippen LogP contribution in [0.2, 0.25) is 10.0 Å². The smallest absolute Gasteiger partial charge is 0.189 e. The summed E-state index contributed by atoms with van der Waals surface area (Å²) in [5.41, 5.74) is 8.01. The Morgan fingerprint density at radius 1 is 1.29 bits per heavy atom. The van der Waals surface area contributed by atoms with E-state index in [4.69, 9.17) is 33.7 Å². The number of hydrogen-bond acceptors (Lipinski definition) is 2. The molecule has 0 amide bonds. The highest BCUT2D eigenvalue weighted by Crippen LogP contribution is 2.34. The van der Waals surface area contributed by atoms with E-state index >= 15 is 0 Å². The van der Waals surface area contributed by atoms with Gasteiger partial charge < -0.3 is 15.8 Å². The van der Waals surface area contributed by atoms with Gasteiger partial charge in [-0.25, -0.2) is 4.99 Å². The Labute approximate surface area is 168 Å². The highest BCUT2D eigenvalue weighted by Gasteiger charge is 2.23. The molecule has 0 fully saturated rings. The molecule has 24 heavy (non-hydrogen) atoms. The molecule has 4 nitrogen and oxygen atoms in total. The highest BCUT2D eigenvalue weighted by molar-refractivity contribution is 14.0. The van der Waals surface area contributed by atoms with Crippen LogP contribution in [-0.2, 0) is 0 Å². The fourth-order valence-electron chi connectivity index (χ4n) is 2.61. The van der Waals surface area contributed by atoms with Crippen LogP contribution >= 0.6 is 47.2 Å². The lowest BCUT2D eigenvalue weighted by molar-refractivity contribution is 0.333. The molecule has 2 aromatic carbocycles. The topological polar surface area (TPSA) is 59.6 Å². The molecular weight excluding hydrogens is 460 g/mol. The molecule has 1 aliphatic heterocycles. The summed E-state index contributed by atoms with van der Waals surface area (Å²) in [6, 6.07) is 13.1. The van der Waals surface area contributed by atoms with Gasteiger partial charge in [0.05, 0.1) is 6.04 Å². The van der Waals surface area contributed by atoms with Crippen LogP contribution in [0.5, 0.6) is 5.75 Å². The van der Waals surface area contributed by atoms with Crippen LogP contribution in [0.4, 0.5) is 0 Å². The van der Waals surface area contributed by atoms with Gasteiger partial charge in [0.1, 0.15) is 18.4 Å². The molecule has 3 N–H and O–H groups in total. The second-order valence-corrected chi connectivity index (χ2v) is 6.25. The maximum atomic E-state index is 6.22. The van der Waals surface area contributed by atoms with Gasteiger partial charge in [0.25, 0.3) is 0 Å². The molecule has 0 radical (unpaired) electrons. The summed E-state index contributed by atoms with van der Waals surface area (Å²) < 4.78 is 5.61. The number of fused-ring (bicyclic) bond motifs is 1. The molecule has 0 bridgehead atoms. The predicted octanol–water partition coefficient (Wildman–Crippen LogP) is 4.71. The Morgan fingerprint density at radius 3 is 2.79 bits per heavy atom. The van der Waals surface area contributed by atoms with Crippen molar-refractivity contribution in [2.45, 2.75) is 19.0 Å². The van der Waals surface area contributed by atoms with Crippen LogP contribution in [0.3, 0.4) is 0 Å². The molecular formula is C17H18Cl2IN3O. The van der Waals surface area contributed by atoms with Gasteiger partial charge in [-0.2, -0.15) is 0 Å². The third kappa shape index (κ3) is 4.26. The predicted molar refractivity (Wildman–Crippen MR) is 110 cm³/mol. The number of benzene rings is 2. The molecule has 2 aromatic rings. The van der Waals surface area contributed by atoms with E-state index < -0.39 is 0 Å². The first-order valence-corrected chi connectivity index (χ1v) is 8.06. The van der Waals surface area contributed by atoms with E-state index in [2.05, 4.69) is 10.3 Å². The lowest BCUT2D eigenvalue weighted by Gasteiger charge is -2.17. The summed E-state index contributed by atoms with van der Waals surface area (Å²) >= 11 is 12.1. The quantitative estimate of drug-likeness (QED) is 0.382. The van der Waals surface area contributed by atoms with E-state index in [1.807, 2.05) is 37.3 Å². The third-order valence-electron chi connectivity index (χ3n) is 3.76. The second kappa shape index (κ2) is 8.27. The molecule has 1 aliphatic rings. The molecule has 0 saturated carbocycles. The van der Waals surface area contributed by atoms with Crippen LogP contribution in [0.25, 0.3) is 0 Å². The lowest BCUT2D eigenvalue weighted by atomic mass is 10.1.